The molecule has 0 unspecified atom stereocenters. The summed E-state index contributed by atoms with van der Waals surface area (Å²) >= 11 is 0. The molecule has 0 aliphatic carbocycles. The minimum absolute atomic E-state index is 0.0704. The van der Waals surface area contributed by atoms with Gasteiger partial charge in [-0.3, -0.25) is 4.79 Å². The van der Waals surface area contributed by atoms with Crippen molar-refractivity contribution in [2.75, 3.05) is 39.8 Å². The molecule has 1 fully saturated rings. The van der Waals surface area contributed by atoms with Gasteiger partial charge in [-0.1, -0.05) is 19.1 Å². The topological polar surface area (TPSA) is 76.4 Å². The lowest BCUT2D eigenvalue weighted by molar-refractivity contribution is -0.127. The Morgan fingerprint density at radius 1 is 1.27 bits per heavy atom. The number of carbonyl (C=O) groups is 1. The van der Waals surface area contributed by atoms with Crippen molar-refractivity contribution in [2.45, 2.75) is 13.8 Å². The third-order valence-electron chi connectivity index (χ3n) is 4.58. The van der Waals surface area contributed by atoms with Crippen LogP contribution in [-0.2, 0) is 4.79 Å². The van der Waals surface area contributed by atoms with Crippen LogP contribution >= 0.6 is 0 Å². The third-order valence-corrected chi connectivity index (χ3v) is 4.58. The van der Waals surface area contributed by atoms with E-state index in [9.17, 15) is 4.79 Å². The maximum Gasteiger partial charge on any atom is 0.272 e. The van der Waals surface area contributed by atoms with E-state index in [1.807, 2.05) is 29.2 Å². The monoisotopic (exact) mass is 356 g/mol. The first kappa shape index (κ1) is 18.1. The molecule has 1 amide bonds. The summed E-state index contributed by atoms with van der Waals surface area (Å²) in [4.78, 5) is 17.4. The van der Waals surface area contributed by atoms with E-state index in [0.717, 1.165) is 30.9 Å². The van der Waals surface area contributed by atoms with Crippen LogP contribution in [0.5, 0.6) is 5.75 Å². The van der Waals surface area contributed by atoms with Crippen molar-refractivity contribution in [1.29, 1.82) is 0 Å². The predicted octanol–water partition coefficient (Wildman–Crippen LogP) is 1.15. The van der Waals surface area contributed by atoms with E-state index in [2.05, 4.69) is 27.3 Å². The van der Waals surface area contributed by atoms with Crippen molar-refractivity contribution in [3.8, 4) is 5.75 Å². The summed E-state index contributed by atoms with van der Waals surface area (Å²) in [6.07, 6.45) is 1.81. The largest absolute Gasteiger partial charge is 0.497 e. The van der Waals surface area contributed by atoms with Gasteiger partial charge in [0.2, 0.25) is 0 Å². The molecule has 1 aliphatic rings. The lowest BCUT2D eigenvalue weighted by atomic mass is 10.1. The summed E-state index contributed by atoms with van der Waals surface area (Å²) in [5, 5.41) is 11.6. The first-order valence-electron chi connectivity index (χ1n) is 8.75. The number of methoxy groups -OCH3 is 1. The Labute approximate surface area is 153 Å². The van der Waals surface area contributed by atoms with Crippen LogP contribution in [-0.4, -0.2) is 75.7 Å². The number of piperazine rings is 1. The van der Waals surface area contributed by atoms with E-state index in [4.69, 9.17) is 4.74 Å². The Hall–Kier alpha value is -2.74. The smallest absolute Gasteiger partial charge is 0.272 e. The molecule has 8 nitrogen and oxygen atoms in total. The van der Waals surface area contributed by atoms with Crippen molar-refractivity contribution in [3.05, 3.63) is 35.7 Å². The van der Waals surface area contributed by atoms with Crippen LogP contribution in [0.2, 0.25) is 0 Å². The van der Waals surface area contributed by atoms with Gasteiger partial charge in [0.15, 0.2) is 5.82 Å². The Balaban J connectivity index is 1.92. The minimum Gasteiger partial charge on any atom is -0.497 e. The molecule has 26 heavy (non-hydrogen) atoms. The molecular weight excluding hydrogens is 332 g/mol. The molecule has 1 aromatic heterocycles. The quantitative estimate of drug-likeness (QED) is 0.748. The number of hydrogen-bond donors (Lipinski definition) is 0. The van der Waals surface area contributed by atoms with Crippen molar-refractivity contribution in [3.63, 3.8) is 0 Å². The first-order valence-corrected chi connectivity index (χ1v) is 8.75. The molecule has 2 aromatic rings. The molecule has 2 heterocycles. The zero-order valence-corrected chi connectivity index (χ0v) is 15.4. The number of hydrogen-bond acceptors (Lipinski definition) is 6. The number of nitrogens with zero attached hydrogens (tertiary/aromatic N) is 6. The van der Waals surface area contributed by atoms with Gasteiger partial charge in [-0.15, -0.1) is 5.10 Å². The fourth-order valence-corrected chi connectivity index (χ4v) is 2.99. The normalized spacial score (nSPS) is 16.0. The fourth-order valence-electron chi connectivity index (χ4n) is 2.99. The number of aromatic nitrogens is 4. The van der Waals surface area contributed by atoms with Crippen LogP contribution in [0.3, 0.4) is 0 Å². The Bertz CT molecular complexity index is 792. The number of ether oxygens (including phenoxy) is 1. The van der Waals surface area contributed by atoms with Crippen LogP contribution in [0, 0.1) is 6.92 Å². The van der Waals surface area contributed by atoms with Crippen molar-refractivity contribution < 1.29 is 9.53 Å². The van der Waals surface area contributed by atoms with Gasteiger partial charge in [0.1, 0.15) is 11.4 Å². The summed E-state index contributed by atoms with van der Waals surface area (Å²) in [5.41, 5.74) is 1.29. The molecule has 1 saturated heterocycles. The summed E-state index contributed by atoms with van der Waals surface area (Å²) in [7, 11) is 1.62. The second-order valence-electron chi connectivity index (χ2n) is 6.17. The lowest BCUT2D eigenvalue weighted by Crippen LogP contribution is -2.49. The zero-order valence-electron chi connectivity index (χ0n) is 15.4. The van der Waals surface area contributed by atoms with E-state index < -0.39 is 0 Å². The maximum atomic E-state index is 13.2. The number of rotatable bonds is 5. The van der Waals surface area contributed by atoms with Gasteiger partial charge in [0.25, 0.3) is 5.91 Å². The third kappa shape index (κ3) is 3.91. The second-order valence-corrected chi connectivity index (χ2v) is 6.17. The number of likely N-dealkylation sites (N-methyl/N-ethyl adjacent to an activating group) is 1. The molecule has 8 heteroatoms. The molecule has 1 aliphatic heterocycles. The van der Waals surface area contributed by atoms with Gasteiger partial charge < -0.3 is 14.5 Å². The minimum atomic E-state index is -0.0704. The van der Waals surface area contributed by atoms with Crippen molar-refractivity contribution >= 4 is 17.7 Å². The van der Waals surface area contributed by atoms with Crippen LogP contribution in [0.4, 0.5) is 0 Å². The number of benzene rings is 1. The van der Waals surface area contributed by atoms with E-state index in [1.54, 1.807) is 20.1 Å². The summed E-state index contributed by atoms with van der Waals surface area (Å²) in [5.74, 6) is 1.23. The van der Waals surface area contributed by atoms with Crippen LogP contribution in [0.1, 0.15) is 18.3 Å². The summed E-state index contributed by atoms with van der Waals surface area (Å²) in [6, 6.07) is 7.55. The molecule has 138 valence electrons. The number of tetrazole rings is 1. The van der Waals surface area contributed by atoms with Crippen LogP contribution < -0.4 is 4.74 Å². The standard InChI is InChI=1S/C18H24N6O2/c1-4-22-8-10-23(11-9-22)18(25)17(24-14(2)19-20-21-24)13-15-6-5-7-16(12-15)26-3/h5-7,12-13H,4,8-11H2,1-3H3/b17-13-. The molecule has 1 aromatic carbocycles. The van der Waals surface area contributed by atoms with Gasteiger partial charge in [-0.05, 0) is 47.7 Å². The Morgan fingerprint density at radius 2 is 2.04 bits per heavy atom. The molecule has 0 spiro atoms. The highest BCUT2D eigenvalue weighted by Gasteiger charge is 2.25. The number of amides is 1. The summed E-state index contributed by atoms with van der Waals surface area (Å²) < 4.78 is 6.77. The molecule has 0 saturated carbocycles. The number of aryl methyl sites for hydroxylation is 1. The van der Waals surface area contributed by atoms with E-state index in [1.165, 1.54) is 4.68 Å². The molecular formula is C18H24N6O2. The van der Waals surface area contributed by atoms with Gasteiger partial charge in [-0.2, -0.15) is 4.68 Å². The van der Waals surface area contributed by atoms with Crippen LogP contribution in [0.25, 0.3) is 11.8 Å². The lowest BCUT2D eigenvalue weighted by Gasteiger charge is -2.34. The highest BCUT2D eigenvalue weighted by molar-refractivity contribution is 6.18. The Kier molecular flexibility index (Phi) is 5.62. The van der Waals surface area contributed by atoms with Gasteiger partial charge in [0.05, 0.1) is 7.11 Å². The van der Waals surface area contributed by atoms with Gasteiger partial charge in [-0.25, -0.2) is 0 Å². The van der Waals surface area contributed by atoms with Crippen molar-refractivity contribution in [1.82, 2.24) is 30.0 Å². The van der Waals surface area contributed by atoms with Gasteiger partial charge in [0, 0.05) is 26.2 Å². The Morgan fingerprint density at radius 3 is 2.65 bits per heavy atom. The average molecular weight is 356 g/mol. The van der Waals surface area contributed by atoms with E-state index in [-0.39, 0.29) is 5.91 Å². The highest BCUT2D eigenvalue weighted by atomic mass is 16.5. The molecule has 0 atom stereocenters. The van der Waals surface area contributed by atoms with E-state index in [0.29, 0.717) is 24.6 Å². The maximum absolute atomic E-state index is 13.2. The first-order chi connectivity index (χ1) is 12.6. The number of carbonyl (C=O) groups excluding carboxylic acids is 1. The fraction of sp³-hybridized carbons (Fsp3) is 0.444. The summed E-state index contributed by atoms with van der Waals surface area (Å²) in [6.45, 7) is 8.07. The van der Waals surface area contributed by atoms with Crippen LogP contribution in [0.15, 0.2) is 24.3 Å². The average Bonchev–Trinajstić information content (AvgIpc) is 3.11. The molecule has 0 bridgehead atoms. The predicted molar refractivity (Wildman–Crippen MR) is 98.4 cm³/mol. The SMILES string of the molecule is CCN1CCN(C(=O)/C(=C/c2cccc(OC)c2)n2nnnc2C)CC1. The van der Waals surface area contributed by atoms with Gasteiger partial charge >= 0.3 is 0 Å². The van der Waals surface area contributed by atoms with E-state index >= 15 is 0 Å². The second kappa shape index (κ2) is 8.09. The highest BCUT2D eigenvalue weighted by Crippen LogP contribution is 2.19. The van der Waals surface area contributed by atoms with Crippen molar-refractivity contribution in [2.24, 2.45) is 0 Å². The molecule has 0 N–H and O–H groups in total. The zero-order chi connectivity index (χ0) is 18.5. The molecule has 0 radical (unpaired) electrons. The molecule has 3 rings (SSSR count).